The van der Waals surface area contributed by atoms with Gasteiger partial charge < -0.3 is 4.42 Å². The van der Waals surface area contributed by atoms with Crippen LogP contribution in [0.4, 0.5) is 0 Å². The van der Waals surface area contributed by atoms with Crippen LogP contribution in [0.2, 0.25) is 0 Å². The third-order valence-electron chi connectivity index (χ3n) is 1.59. The Morgan fingerprint density at radius 3 is 2.54 bits per heavy atom. The van der Waals surface area contributed by atoms with Gasteiger partial charge in [0.15, 0.2) is 9.84 Å². The molecule has 0 amide bonds. The number of rotatable bonds is 3. The van der Waals surface area contributed by atoms with Gasteiger partial charge in [0.2, 0.25) is 11.8 Å². The van der Waals surface area contributed by atoms with Gasteiger partial charge in [0, 0.05) is 6.26 Å². The van der Waals surface area contributed by atoms with Crippen LogP contribution in [0, 0.1) is 0 Å². The Kier molecular flexibility index (Phi) is 2.92. The van der Waals surface area contributed by atoms with Crippen molar-refractivity contribution in [1.29, 1.82) is 0 Å². The summed E-state index contributed by atoms with van der Waals surface area (Å²) in [5.74, 6) is 0.397. The fraction of sp³-hybridized carbons (Fsp3) is 0.667. The smallest absolute Gasteiger partial charge is 0.234 e. The van der Waals surface area contributed by atoms with Crippen LogP contribution < -0.4 is 0 Å². The monoisotopic (exact) mass is 224 g/mol. The number of sulfone groups is 1. The molecular weight excluding hydrogens is 216 g/mol. The SMILES string of the molecule is CC(c1nnc(CCl)o1)S(C)(=O)=O. The highest BCUT2D eigenvalue weighted by atomic mass is 35.5. The molecule has 1 rings (SSSR count). The van der Waals surface area contributed by atoms with E-state index in [4.69, 9.17) is 16.0 Å². The van der Waals surface area contributed by atoms with Gasteiger partial charge in [0.25, 0.3) is 0 Å². The average molecular weight is 225 g/mol. The van der Waals surface area contributed by atoms with Crippen LogP contribution >= 0.6 is 11.6 Å². The molecule has 0 N–H and O–H groups in total. The highest BCUT2D eigenvalue weighted by Crippen LogP contribution is 2.19. The maximum Gasteiger partial charge on any atom is 0.234 e. The Balaban J connectivity index is 2.96. The molecule has 0 bridgehead atoms. The van der Waals surface area contributed by atoms with E-state index < -0.39 is 15.1 Å². The predicted octanol–water partition coefficient (Wildman–Crippen LogP) is 0.914. The molecule has 0 fully saturated rings. The molecule has 0 saturated heterocycles. The normalized spacial score (nSPS) is 14.4. The molecule has 5 nitrogen and oxygen atoms in total. The summed E-state index contributed by atoms with van der Waals surface area (Å²) in [6.07, 6.45) is 1.11. The van der Waals surface area contributed by atoms with E-state index in [0.29, 0.717) is 0 Å². The fourth-order valence-corrected chi connectivity index (χ4v) is 1.24. The maximum absolute atomic E-state index is 11.1. The summed E-state index contributed by atoms with van der Waals surface area (Å²) < 4.78 is 27.1. The largest absolute Gasteiger partial charge is 0.423 e. The highest BCUT2D eigenvalue weighted by Gasteiger charge is 2.23. The van der Waals surface area contributed by atoms with Gasteiger partial charge in [-0.05, 0) is 6.92 Å². The van der Waals surface area contributed by atoms with Gasteiger partial charge in [-0.15, -0.1) is 21.8 Å². The molecule has 1 aromatic heterocycles. The minimum Gasteiger partial charge on any atom is -0.423 e. The number of aromatic nitrogens is 2. The lowest BCUT2D eigenvalue weighted by Gasteiger charge is -2.01. The number of hydrogen-bond acceptors (Lipinski definition) is 5. The average Bonchev–Trinajstić information content (AvgIpc) is 2.48. The van der Waals surface area contributed by atoms with Crippen molar-refractivity contribution in [3.05, 3.63) is 11.8 Å². The first kappa shape index (κ1) is 10.5. The van der Waals surface area contributed by atoms with Crippen LogP contribution in [0.25, 0.3) is 0 Å². The number of nitrogens with zero attached hydrogens (tertiary/aromatic N) is 2. The van der Waals surface area contributed by atoms with Crippen LogP contribution in [0.5, 0.6) is 0 Å². The van der Waals surface area contributed by atoms with Crippen LogP contribution in [-0.2, 0) is 15.7 Å². The molecule has 13 heavy (non-hydrogen) atoms. The molecule has 0 aromatic carbocycles. The van der Waals surface area contributed by atoms with E-state index in [0.717, 1.165) is 6.26 Å². The summed E-state index contributed by atoms with van der Waals surface area (Å²) in [6.45, 7) is 1.49. The maximum atomic E-state index is 11.1. The van der Waals surface area contributed by atoms with E-state index in [-0.39, 0.29) is 17.7 Å². The van der Waals surface area contributed by atoms with Gasteiger partial charge in [-0.2, -0.15) is 0 Å². The van der Waals surface area contributed by atoms with Crippen molar-refractivity contribution in [3.63, 3.8) is 0 Å². The van der Waals surface area contributed by atoms with Crippen LogP contribution in [0.1, 0.15) is 24.0 Å². The summed E-state index contributed by atoms with van der Waals surface area (Å²) in [4.78, 5) is 0. The van der Waals surface area contributed by atoms with Gasteiger partial charge in [-0.1, -0.05) is 0 Å². The van der Waals surface area contributed by atoms with Crippen molar-refractivity contribution in [3.8, 4) is 0 Å². The molecule has 1 aromatic rings. The predicted molar refractivity (Wildman–Crippen MR) is 47.1 cm³/mol. The molecule has 1 atom stereocenters. The van der Waals surface area contributed by atoms with Gasteiger partial charge in [0.1, 0.15) is 11.1 Å². The zero-order valence-electron chi connectivity index (χ0n) is 7.19. The van der Waals surface area contributed by atoms with Crippen molar-refractivity contribution in [2.24, 2.45) is 0 Å². The quantitative estimate of drug-likeness (QED) is 0.714. The van der Waals surface area contributed by atoms with E-state index in [9.17, 15) is 8.42 Å². The van der Waals surface area contributed by atoms with Gasteiger partial charge in [-0.3, -0.25) is 0 Å². The molecule has 1 unspecified atom stereocenters. The van der Waals surface area contributed by atoms with E-state index in [1.165, 1.54) is 6.92 Å². The zero-order valence-corrected chi connectivity index (χ0v) is 8.76. The Morgan fingerprint density at radius 1 is 1.54 bits per heavy atom. The standard InChI is InChI=1S/C6H9ClN2O3S/c1-4(13(2,10)11)6-9-8-5(3-7)12-6/h4H,3H2,1-2H3. The zero-order chi connectivity index (χ0) is 10.1. The number of halogens is 1. The lowest BCUT2D eigenvalue weighted by molar-refractivity contribution is 0.458. The number of hydrogen-bond donors (Lipinski definition) is 0. The second-order valence-electron chi connectivity index (χ2n) is 2.64. The van der Waals surface area contributed by atoms with Crippen molar-refractivity contribution < 1.29 is 12.8 Å². The fourth-order valence-electron chi connectivity index (χ4n) is 0.668. The molecule has 0 saturated carbocycles. The van der Waals surface area contributed by atoms with E-state index >= 15 is 0 Å². The van der Waals surface area contributed by atoms with Crippen LogP contribution in [0.15, 0.2) is 4.42 Å². The first-order chi connectivity index (χ1) is 5.95. The van der Waals surface area contributed by atoms with Crippen LogP contribution in [0.3, 0.4) is 0 Å². The lowest BCUT2D eigenvalue weighted by atomic mass is 10.5. The topological polar surface area (TPSA) is 73.1 Å². The summed E-state index contributed by atoms with van der Waals surface area (Å²) >= 11 is 5.41. The molecular formula is C6H9ClN2O3S. The van der Waals surface area contributed by atoms with E-state index in [2.05, 4.69) is 10.2 Å². The molecule has 0 aliphatic carbocycles. The summed E-state index contributed by atoms with van der Waals surface area (Å²) in [7, 11) is -3.19. The van der Waals surface area contributed by atoms with E-state index in [1.807, 2.05) is 0 Å². The Morgan fingerprint density at radius 2 is 2.15 bits per heavy atom. The number of alkyl halides is 1. The Labute approximate surface area is 81.0 Å². The second kappa shape index (κ2) is 3.63. The molecule has 0 aliphatic rings. The molecule has 74 valence electrons. The summed E-state index contributed by atoms with van der Waals surface area (Å²) in [5.41, 5.74) is 0. The Hall–Kier alpha value is -0.620. The summed E-state index contributed by atoms with van der Waals surface area (Å²) in [6, 6.07) is 0. The Bertz CT molecular complexity index is 386. The van der Waals surface area contributed by atoms with Crippen molar-refractivity contribution in [2.45, 2.75) is 18.1 Å². The highest BCUT2D eigenvalue weighted by molar-refractivity contribution is 7.90. The van der Waals surface area contributed by atoms with Crippen molar-refractivity contribution in [2.75, 3.05) is 6.26 Å². The molecule has 0 spiro atoms. The molecule has 0 radical (unpaired) electrons. The molecule has 7 heteroatoms. The summed E-state index contributed by atoms with van der Waals surface area (Å²) in [5, 5.41) is 6.35. The first-order valence-electron chi connectivity index (χ1n) is 3.52. The van der Waals surface area contributed by atoms with Gasteiger partial charge in [0.05, 0.1) is 0 Å². The van der Waals surface area contributed by atoms with E-state index in [1.54, 1.807) is 0 Å². The van der Waals surface area contributed by atoms with Crippen molar-refractivity contribution >= 4 is 21.4 Å². The third kappa shape index (κ3) is 2.41. The minimum atomic E-state index is -3.19. The molecule has 1 heterocycles. The second-order valence-corrected chi connectivity index (χ2v) is 5.27. The lowest BCUT2D eigenvalue weighted by Crippen LogP contribution is -2.07. The van der Waals surface area contributed by atoms with Crippen molar-refractivity contribution in [1.82, 2.24) is 10.2 Å². The van der Waals surface area contributed by atoms with Crippen LogP contribution in [-0.4, -0.2) is 24.9 Å². The third-order valence-corrected chi connectivity index (χ3v) is 3.30. The van der Waals surface area contributed by atoms with Gasteiger partial charge >= 0.3 is 0 Å². The molecule has 0 aliphatic heterocycles. The first-order valence-corrected chi connectivity index (χ1v) is 6.01. The minimum absolute atomic E-state index is 0.0816. The van der Waals surface area contributed by atoms with Gasteiger partial charge in [-0.25, -0.2) is 8.42 Å².